The quantitative estimate of drug-likeness (QED) is 0.924. The lowest BCUT2D eigenvalue weighted by molar-refractivity contribution is 0.582. The average Bonchev–Trinajstić information content (AvgIpc) is 2.79. The van der Waals surface area contributed by atoms with E-state index in [-0.39, 0.29) is 5.92 Å². The Labute approximate surface area is 119 Å². The minimum absolute atomic E-state index is 0.175. The lowest BCUT2D eigenvalue weighted by Gasteiger charge is -2.12. The Bertz CT molecular complexity index is 757. The van der Waals surface area contributed by atoms with Gasteiger partial charge >= 0.3 is 0 Å². The molecule has 0 aromatic carbocycles. The first-order valence-corrected chi connectivity index (χ1v) is 8.12. The highest BCUT2D eigenvalue weighted by atomic mass is 79.9. The zero-order valence-corrected chi connectivity index (χ0v) is 12.9. The van der Waals surface area contributed by atoms with Crippen LogP contribution in [0.2, 0.25) is 0 Å². The molecule has 0 spiro atoms. The van der Waals surface area contributed by atoms with E-state index in [1.807, 2.05) is 6.92 Å². The molecule has 19 heavy (non-hydrogen) atoms. The molecule has 8 heteroatoms. The van der Waals surface area contributed by atoms with Gasteiger partial charge in [-0.25, -0.2) is 17.9 Å². The molecule has 1 saturated carbocycles. The molecular formula is C11H13BrN4O2S. The summed E-state index contributed by atoms with van der Waals surface area (Å²) in [5.41, 5.74) is 0.900. The predicted molar refractivity (Wildman–Crippen MR) is 75.4 cm³/mol. The molecule has 0 radical (unpaired) electrons. The van der Waals surface area contributed by atoms with Gasteiger partial charge in [-0.1, -0.05) is 6.92 Å². The van der Waals surface area contributed by atoms with E-state index >= 15 is 0 Å². The molecule has 1 fully saturated rings. The standard InChI is InChI=1S/C11H13BrN4O2S/c1-7-3-11(7,2)19(17,18)15-9-5-14-16-6-8(12)4-13-10(9)16/h4-7,15H,3H2,1-2H3/t7-,11-/m1/s1. The van der Waals surface area contributed by atoms with E-state index in [2.05, 4.69) is 30.7 Å². The summed E-state index contributed by atoms with van der Waals surface area (Å²) in [5.74, 6) is 0.175. The van der Waals surface area contributed by atoms with Crippen LogP contribution in [-0.2, 0) is 10.0 Å². The Morgan fingerprint density at radius 2 is 2.21 bits per heavy atom. The molecule has 2 aromatic rings. The number of nitrogens with zero attached hydrogens (tertiary/aromatic N) is 3. The summed E-state index contributed by atoms with van der Waals surface area (Å²) in [6.45, 7) is 3.69. The van der Waals surface area contributed by atoms with Crippen LogP contribution in [0.5, 0.6) is 0 Å². The van der Waals surface area contributed by atoms with Crippen LogP contribution in [0.25, 0.3) is 5.65 Å². The zero-order chi connectivity index (χ0) is 13.8. The van der Waals surface area contributed by atoms with Crippen molar-refractivity contribution >= 4 is 37.3 Å². The zero-order valence-electron chi connectivity index (χ0n) is 10.5. The van der Waals surface area contributed by atoms with Gasteiger partial charge in [0.05, 0.1) is 15.4 Å². The van der Waals surface area contributed by atoms with E-state index < -0.39 is 14.8 Å². The van der Waals surface area contributed by atoms with Gasteiger partial charge in [-0.15, -0.1) is 0 Å². The number of nitrogens with one attached hydrogen (secondary N) is 1. The van der Waals surface area contributed by atoms with E-state index in [1.165, 1.54) is 10.7 Å². The Hall–Kier alpha value is -1.15. The molecule has 0 aliphatic heterocycles. The maximum absolute atomic E-state index is 12.3. The molecule has 0 amide bonds. The van der Waals surface area contributed by atoms with Crippen molar-refractivity contribution in [2.45, 2.75) is 25.0 Å². The minimum atomic E-state index is -3.42. The van der Waals surface area contributed by atoms with Crippen molar-refractivity contribution in [3.05, 3.63) is 23.1 Å². The Morgan fingerprint density at radius 1 is 1.53 bits per heavy atom. The van der Waals surface area contributed by atoms with Crippen molar-refractivity contribution in [2.75, 3.05) is 4.72 Å². The molecule has 2 atom stereocenters. The SMILES string of the molecule is C[C@@H]1C[C@@]1(C)S(=O)(=O)Nc1cnn2cc(Br)cnc12. The fourth-order valence-electron chi connectivity index (χ4n) is 2.11. The van der Waals surface area contributed by atoms with Crippen LogP contribution in [0.15, 0.2) is 23.1 Å². The van der Waals surface area contributed by atoms with Gasteiger partial charge in [0.1, 0.15) is 5.69 Å². The van der Waals surface area contributed by atoms with E-state index in [9.17, 15) is 8.42 Å². The lowest BCUT2D eigenvalue weighted by atomic mass is 10.4. The van der Waals surface area contributed by atoms with Crippen LogP contribution in [0, 0.1) is 5.92 Å². The maximum atomic E-state index is 12.3. The number of sulfonamides is 1. The summed E-state index contributed by atoms with van der Waals surface area (Å²) in [5, 5.41) is 4.08. The Balaban J connectivity index is 1.99. The van der Waals surface area contributed by atoms with Crippen LogP contribution >= 0.6 is 15.9 Å². The summed E-state index contributed by atoms with van der Waals surface area (Å²) in [6, 6.07) is 0. The number of rotatable bonds is 3. The Morgan fingerprint density at radius 3 is 2.84 bits per heavy atom. The largest absolute Gasteiger partial charge is 0.278 e. The number of fused-ring (bicyclic) bond motifs is 1. The summed E-state index contributed by atoms with van der Waals surface area (Å²) >= 11 is 3.29. The fourth-order valence-corrected chi connectivity index (χ4v) is 4.07. The van der Waals surface area contributed by atoms with E-state index in [4.69, 9.17) is 0 Å². The third kappa shape index (κ3) is 1.93. The van der Waals surface area contributed by atoms with Crippen LogP contribution in [-0.4, -0.2) is 27.8 Å². The van der Waals surface area contributed by atoms with Crippen molar-refractivity contribution in [2.24, 2.45) is 5.92 Å². The number of hydrogen-bond acceptors (Lipinski definition) is 4. The fraction of sp³-hybridized carbons (Fsp3) is 0.455. The molecule has 1 N–H and O–H groups in total. The van der Waals surface area contributed by atoms with E-state index in [1.54, 1.807) is 19.3 Å². The first kappa shape index (κ1) is 12.9. The molecule has 0 unspecified atom stereocenters. The second-order valence-electron chi connectivity index (χ2n) is 5.12. The monoisotopic (exact) mass is 344 g/mol. The number of halogens is 1. The summed E-state index contributed by atoms with van der Waals surface area (Å²) < 4.78 is 28.9. The van der Waals surface area contributed by atoms with E-state index in [0.29, 0.717) is 17.8 Å². The van der Waals surface area contributed by atoms with Crippen molar-refractivity contribution in [3.8, 4) is 0 Å². The van der Waals surface area contributed by atoms with Crippen molar-refractivity contribution in [1.29, 1.82) is 0 Å². The smallest absolute Gasteiger partial charge is 0.238 e. The van der Waals surface area contributed by atoms with Crippen LogP contribution in [0.1, 0.15) is 20.3 Å². The molecule has 0 saturated heterocycles. The number of hydrogen-bond donors (Lipinski definition) is 1. The molecule has 3 rings (SSSR count). The van der Waals surface area contributed by atoms with Crippen LogP contribution < -0.4 is 4.72 Å². The highest BCUT2D eigenvalue weighted by Crippen LogP contribution is 2.49. The van der Waals surface area contributed by atoms with Gasteiger partial charge < -0.3 is 0 Å². The molecule has 2 aromatic heterocycles. The van der Waals surface area contributed by atoms with Gasteiger partial charge in [-0.05, 0) is 35.2 Å². The average molecular weight is 345 g/mol. The first-order chi connectivity index (χ1) is 8.83. The molecule has 102 valence electrons. The van der Waals surface area contributed by atoms with Crippen molar-refractivity contribution < 1.29 is 8.42 Å². The molecule has 1 aliphatic rings. The lowest BCUT2D eigenvalue weighted by Crippen LogP contribution is -2.28. The highest BCUT2D eigenvalue weighted by molar-refractivity contribution is 9.10. The van der Waals surface area contributed by atoms with Crippen LogP contribution in [0.4, 0.5) is 5.69 Å². The van der Waals surface area contributed by atoms with Gasteiger partial charge in [-0.2, -0.15) is 5.10 Å². The van der Waals surface area contributed by atoms with Crippen LogP contribution in [0.3, 0.4) is 0 Å². The number of aromatic nitrogens is 3. The summed E-state index contributed by atoms with van der Waals surface area (Å²) in [6.07, 6.45) is 5.49. The molecule has 0 bridgehead atoms. The third-order valence-corrected chi connectivity index (χ3v) is 6.47. The van der Waals surface area contributed by atoms with Gasteiger partial charge in [0.25, 0.3) is 0 Å². The minimum Gasteiger partial charge on any atom is -0.278 e. The van der Waals surface area contributed by atoms with Gasteiger partial charge in [0.15, 0.2) is 5.65 Å². The van der Waals surface area contributed by atoms with Crippen molar-refractivity contribution in [3.63, 3.8) is 0 Å². The molecule has 2 heterocycles. The first-order valence-electron chi connectivity index (χ1n) is 5.85. The topological polar surface area (TPSA) is 76.4 Å². The summed E-state index contributed by atoms with van der Waals surface area (Å²) in [4.78, 5) is 4.17. The van der Waals surface area contributed by atoms with Gasteiger partial charge in [-0.3, -0.25) is 4.72 Å². The normalized spacial score (nSPS) is 26.6. The van der Waals surface area contributed by atoms with E-state index in [0.717, 1.165) is 4.47 Å². The van der Waals surface area contributed by atoms with Gasteiger partial charge in [0.2, 0.25) is 10.0 Å². The third-order valence-electron chi connectivity index (χ3n) is 3.78. The van der Waals surface area contributed by atoms with Gasteiger partial charge in [0, 0.05) is 12.4 Å². The maximum Gasteiger partial charge on any atom is 0.238 e. The summed E-state index contributed by atoms with van der Waals surface area (Å²) in [7, 11) is -3.42. The second kappa shape index (κ2) is 3.92. The highest BCUT2D eigenvalue weighted by Gasteiger charge is 2.57. The molecule has 6 nitrogen and oxygen atoms in total. The molecular weight excluding hydrogens is 332 g/mol. The predicted octanol–water partition coefficient (Wildman–Crippen LogP) is 2.03. The second-order valence-corrected chi connectivity index (χ2v) is 8.18. The molecule has 1 aliphatic carbocycles. The number of anilines is 1. The Kier molecular flexibility index (Phi) is 2.66. The van der Waals surface area contributed by atoms with Crippen molar-refractivity contribution in [1.82, 2.24) is 14.6 Å².